The van der Waals surface area contributed by atoms with E-state index in [9.17, 15) is 9.90 Å². The second-order valence-electron chi connectivity index (χ2n) is 4.94. The highest BCUT2D eigenvalue weighted by atomic mass is 16.3. The van der Waals surface area contributed by atoms with Gasteiger partial charge in [-0.3, -0.25) is 4.79 Å². The van der Waals surface area contributed by atoms with Crippen LogP contribution in [0.1, 0.15) is 19.4 Å². The highest BCUT2D eigenvalue weighted by molar-refractivity contribution is 6.06. The molecule has 0 spiro atoms. The summed E-state index contributed by atoms with van der Waals surface area (Å²) in [4.78, 5) is 17.0. The predicted molar refractivity (Wildman–Crippen MR) is 86.1 cm³/mol. The number of aromatic hydroxyl groups is 1. The van der Waals surface area contributed by atoms with Gasteiger partial charge in [0, 0.05) is 18.0 Å². The number of nitrogens with zero attached hydrogens (tertiary/aromatic N) is 2. The van der Waals surface area contributed by atoms with Crippen molar-refractivity contribution in [2.45, 2.75) is 20.4 Å². The first kappa shape index (κ1) is 14.1. The summed E-state index contributed by atoms with van der Waals surface area (Å²) in [7, 11) is 0. The van der Waals surface area contributed by atoms with Crippen molar-refractivity contribution in [3.8, 4) is 5.75 Å². The third kappa shape index (κ3) is 2.20. The number of hydrogen-bond acceptors (Lipinski definition) is 4. The second-order valence-corrected chi connectivity index (χ2v) is 4.94. The summed E-state index contributed by atoms with van der Waals surface area (Å²) >= 11 is 0. The average molecular weight is 296 g/mol. The standard InChI is InChI=1S/C17H16N2O3/c1-3-19-13-8-5-4-7-12(13)16(20)15(17(19)21)11(2)18-14-9-6-10-22-14/h4-10,20H,3H2,1-2H3/b18-11+. The van der Waals surface area contributed by atoms with Crippen molar-refractivity contribution in [2.24, 2.45) is 4.99 Å². The molecule has 3 aromatic rings. The largest absolute Gasteiger partial charge is 0.506 e. The van der Waals surface area contributed by atoms with E-state index in [4.69, 9.17) is 4.42 Å². The number of furan rings is 1. The van der Waals surface area contributed by atoms with E-state index in [0.29, 0.717) is 29.0 Å². The number of benzene rings is 1. The van der Waals surface area contributed by atoms with Crippen LogP contribution in [-0.2, 0) is 6.54 Å². The molecule has 0 aliphatic carbocycles. The summed E-state index contributed by atoms with van der Waals surface area (Å²) in [6.45, 7) is 4.10. The molecule has 0 aliphatic rings. The Morgan fingerprint density at radius 1 is 1.27 bits per heavy atom. The topological polar surface area (TPSA) is 67.7 Å². The third-order valence-corrected chi connectivity index (χ3v) is 3.61. The Balaban J connectivity index is 2.33. The first-order valence-electron chi connectivity index (χ1n) is 7.07. The minimum absolute atomic E-state index is 0.0434. The molecule has 22 heavy (non-hydrogen) atoms. The van der Waals surface area contributed by atoms with Gasteiger partial charge in [0.05, 0.1) is 17.5 Å². The Kier molecular flexibility index (Phi) is 3.55. The number of aliphatic imine (C=N–C) groups is 1. The first-order valence-corrected chi connectivity index (χ1v) is 7.07. The number of pyridine rings is 1. The molecule has 1 aromatic carbocycles. The fraction of sp³-hybridized carbons (Fsp3) is 0.176. The third-order valence-electron chi connectivity index (χ3n) is 3.61. The Labute approximate surface area is 127 Å². The Hall–Kier alpha value is -2.82. The van der Waals surface area contributed by atoms with Gasteiger partial charge in [-0.1, -0.05) is 12.1 Å². The SMILES string of the molecule is CCn1c(=O)c(/C(C)=N/c2ccco2)c(O)c2ccccc21. The smallest absolute Gasteiger partial charge is 0.263 e. The lowest BCUT2D eigenvalue weighted by molar-refractivity contribution is 0.477. The molecular formula is C17H16N2O3. The highest BCUT2D eigenvalue weighted by Crippen LogP contribution is 2.27. The van der Waals surface area contributed by atoms with E-state index in [1.54, 1.807) is 29.7 Å². The molecule has 0 radical (unpaired) electrons. The van der Waals surface area contributed by atoms with E-state index >= 15 is 0 Å². The van der Waals surface area contributed by atoms with Crippen molar-refractivity contribution < 1.29 is 9.52 Å². The Morgan fingerprint density at radius 2 is 2.05 bits per heavy atom. The molecule has 0 amide bonds. The molecule has 5 nitrogen and oxygen atoms in total. The van der Waals surface area contributed by atoms with Gasteiger partial charge in [-0.15, -0.1) is 0 Å². The van der Waals surface area contributed by atoms with Crippen LogP contribution >= 0.6 is 0 Å². The number of aromatic nitrogens is 1. The summed E-state index contributed by atoms with van der Waals surface area (Å²) in [5.74, 6) is 0.352. The lowest BCUT2D eigenvalue weighted by Crippen LogP contribution is -2.25. The normalized spacial score (nSPS) is 12.0. The van der Waals surface area contributed by atoms with Gasteiger partial charge in [0.2, 0.25) is 5.88 Å². The molecule has 5 heteroatoms. The van der Waals surface area contributed by atoms with Gasteiger partial charge in [0.15, 0.2) is 0 Å². The number of fused-ring (bicyclic) bond motifs is 1. The number of aryl methyl sites for hydroxylation is 1. The molecule has 0 unspecified atom stereocenters. The van der Waals surface area contributed by atoms with Crippen molar-refractivity contribution in [1.82, 2.24) is 4.57 Å². The molecule has 0 atom stereocenters. The molecule has 112 valence electrons. The molecule has 0 aliphatic heterocycles. The minimum atomic E-state index is -0.258. The van der Waals surface area contributed by atoms with Crippen LogP contribution in [0.4, 0.5) is 5.88 Å². The minimum Gasteiger partial charge on any atom is -0.506 e. The van der Waals surface area contributed by atoms with Crippen molar-refractivity contribution in [3.63, 3.8) is 0 Å². The Morgan fingerprint density at radius 3 is 2.73 bits per heavy atom. The lowest BCUT2D eigenvalue weighted by Gasteiger charge is -2.13. The van der Waals surface area contributed by atoms with Crippen LogP contribution in [0.5, 0.6) is 5.75 Å². The highest BCUT2D eigenvalue weighted by Gasteiger charge is 2.17. The van der Waals surface area contributed by atoms with Gasteiger partial charge < -0.3 is 14.1 Å². The van der Waals surface area contributed by atoms with Gasteiger partial charge in [-0.05, 0) is 32.0 Å². The molecule has 1 N–H and O–H groups in total. The van der Waals surface area contributed by atoms with Gasteiger partial charge in [-0.2, -0.15) is 0 Å². The maximum atomic E-state index is 12.7. The fourth-order valence-corrected chi connectivity index (χ4v) is 2.58. The maximum absolute atomic E-state index is 12.7. The van der Waals surface area contributed by atoms with Gasteiger partial charge in [0.25, 0.3) is 5.56 Å². The monoisotopic (exact) mass is 296 g/mol. The fourth-order valence-electron chi connectivity index (χ4n) is 2.58. The predicted octanol–water partition coefficient (Wildman–Crippen LogP) is 3.46. The van der Waals surface area contributed by atoms with Crippen LogP contribution in [0.2, 0.25) is 0 Å². The van der Waals surface area contributed by atoms with Crippen molar-refractivity contribution in [2.75, 3.05) is 0 Å². The van der Waals surface area contributed by atoms with Gasteiger partial charge >= 0.3 is 0 Å². The van der Waals surface area contributed by atoms with E-state index in [0.717, 1.165) is 0 Å². The van der Waals surface area contributed by atoms with Crippen molar-refractivity contribution >= 4 is 22.5 Å². The van der Waals surface area contributed by atoms with Crippen LogP contribution in [0.25, 0.3) is 10.9 Å². The lowest BCUT2D eigenvalue weighted by atomic mass is 10.1. The van der Waals surface area contributed by atoms with Gasteiger partial charge in [-0.25, -0.2) is 4.99 Å². The summed E-state index contributed by atoms with van der Waals surface area (Å²) < 4.78 is 6.80. The second kappa shape index (κ2) is 5.52. The molecule has 0 saturated heterocycles. The van der Waals surface area contributed by atoms with Crippen molar-refractivity contribution in [1.29, 1.82) is 0 Å². The molecular weight excluding hydrogens is 280 g/mol. The van der Waals surface area contributed by atoms with Crippen LogP contribution in [0, 0.1) is 0 Å². The zero-order valence-corrected chi connectivity index (χ0v) is 12.4. The zero-order chi connectivity index (χ0) is 15.7. The average Bonchev–Trinajstić information content (AvgIpc) is 3.01. The van der Waals surface area contributed by atoms with Crippen LogP contribution in [0.15, 0.2) is 56.9 Å². The molecule has 2 aromatic heterocycles. The van der Waals surface area contributed by atoms with E-state index in [-0.39, 0.29) is 16.9 Å². The van der Waals surface area contributed by atoms with E-state index in [2.05, 4.69) is 4.99 Å². The molecule has 2 heterocycles. The zero-order valence-electron chi connectivity index (χ0n) is 12.4. The molecule has 3 rings (SSSR count). The van der Waals surface area contributed by atoms with Crippen LogP contribution < -0.4 is 5.56 Å². The number of rotatable bonds is 3. The summed E-state index contributed by atoms with van der Waals surface area (Å²) in [5, 5.41) is 11.2. The van der Waals surface area contributed by atoms with E-state index in [1.165, 1.54) is 6.26 Å². The Bertz CT molecular complexity index is 906. The summed E-state index contributed by atoms with van der Waals surface area (Å²) in [6.07, 6.45) is 1.51. The van der Waals surface area contributed by atoms with E-state index in [1.807, 2.05) is 25.1 Å². The number of hydrogen-bond donors (Lipinski definition) is 1. The van der Waals surface area contributed by atoms with E-state index < -0.39 is 0 Å². The van der Waals surface area contributed by atoms with Gasteiger partial charge in [0.1, 0.15) is 11.3 Å². The maximum Gasteiger partial charge on any atom is 0.263 e. The van der Waals surface area contributed by atoms with Crippen LogP contribution in [-0.4, -0.2) is 15.4 Å². The summed E-state index contributed by atoms with van der Waals surface area (Å²) in [6, 6.07) is 10.7. The molecule has 0 saturated carbocycles. The quantitative estimate of drug-likeness (QED) is 0.753. The molecule has 0 fully saturated rings. The summed E-state index contributed by atoms with van der Waals surface area (Å²) in [5.41, 5.74) is 1.08. The first-order chi connectivity index (χ1) is 10.6. The van der Waals surface area contributed by atoms with Crippen LogP contribution in [0.3, 0.4) is 0 Å². The number of para-hydroxylation sites is 1. The molecule has 0 bridgehead atoms. The van der Waals surface area contributed by atoms with Crippen molar-refractivity contribution in [3.05, 3.63) is 58.6 Å².